The average molecular weight is 346 g/mol. The number of allylic oxidation sites excluding steroid dienone is 1. The third kappa shape index (κ3) is 3.95. The summed E-state index contributed by atoms with van der Waals surface area (Å²) in [5.41, 5.74) is 0.961. The molecule has 1 aliphatic rings. The van der Waals surface area contributed by atoms with Crippen LogP contribution in [0.5, 0.6) is 0 Å². The fourth-order valence-electron chi connectivity index (χ4n) is 3.35. The van der Waals surface area contributed by atoms with E-state index in [1.54, 1.807) is 11.1 Å². The van der Waals surface area contributed by atoms with Crippen LogP contribution in [0.4, 0.5) is 4.79 Å². The zero-order valence-electron chi connectivity index (χ0n) is 14.9. The van der Waals surface area contributed by atoms with E-state index in [-0.39, 0.29) is 18.5 Å². The minimum atomic E-state index is -1.79. The van der Waals surface area contributed by atoms with Gasteiger partial charge in [0.1, 0.15) is 6.61 Å². The first-order valence-electron chi connectivity index (χ1n) is 8.79. The first-order valence-corrected chi connectivity index (χ1v) is 11.4. The van der Waals surface area contributed by atoms with E-state index in [4.69, 9.17) is 4.74 Å². The number of rotatable bonds is 6. The van der Waals surface area contributed by atoms with Crippen molar-refractivity contribution in [1.82, 2.24) is 4.90 Å². The van der Waals surface area contributed by atoms with Gasteiger partial charge in [-0.2, -0.15) is 0 Å². The lowest BCUT2D eigenvalue weighted by atomic mass is 10.2. The Morgan fingerprint density at radius 1 is 1.12 bits per heavy atom. The van der Waals surface area contributed by atoms with Gasteiger partial charge in [-0.25, -0.2) is 4.79 Å². The fourth-order valence-corrected chi connectivity index (χ4v) is 7.14. The Morgan fingerprint density at radius 2 is 1.75 bits per heavy atom. The summed E-state index contributed by atoms with van der Waals surface area (Å²) >= 11 is 0. The van der Waals surface area contributed by atoms with E-state index in [0.717, 1.165) is 28.9 Å². The summed E-state index contributed by atoms with van der Waals surface area (Å²) in [4.78, 5) is 26.4. The van der Waals surface area contributed by atoms with Crippen LogP contribution in [0.2, 0.25) is 18.1 Å². The molecule has 1 amide bonds. The molecule has 0 saturated heterocycles. The molecule has 1 heterocycles. The van der Waals surface area contributed by atoms with Gasteiger partial charge in [0.15, 0.2) is 5.78 Å². The van der Waals surface area contributed by atoms with Crippen LogP contribution < -0.4 is 0 Å². The van der Waals surface area contributed by atoms with Crippen molar-refractivity contribution in [2.24, 2.45) is 0 Å². The summed E-state index contributed by atoms with van der Waals surface area (Å²) in [6.45, 7) is 7.17. The normalized spacial score (nSPS) is 15.2. The second kappa shape index (κ2) is 8.28. The Hall–Kier alpha value is -1.88. The van der Waals surface area contributed by atoms with E-state index < -0.39 is 8.07 Å². The molecule has 2 rings (SSSR count). The molecule has 0 aromatic heterocycles. The van der Waals surface area contributed by atoms with Crippen LogP contribution in [-0.2, 0) is 16.1 Å². The molecule has 1 aromatic rings. The van der Waals surface area contributed by atoms with Crippen molar-refractivity contribution in [1.29, 1.82) is 0 Å². The van der Waals surface area contributed by atoms with Crippen molar-refractivity contribution in [2.45, 2.75) is 51.9 Å². The first kappa shape index (κ1) is 18.5. The van der Waals surface area contributed by atoms with Crippen molar-refractivity contribution in [3.8, 4) is 0 Å². The van der Waals surface area contributed by atoms with Crippen LogP contribution in [0.3, 0.4) is 0 Å². The predicted octanol–water partition coefficient (Wildman–Crippen LogP) is 4.53. The summed E-state index contributed by atoms with van der Waals surface area (Å²) < 4.78 is 5.41. The molecule has 0 unspecified atom stereocenters. The second-order valence-corrected chi connectivity index (χ2v) is 11.5. The topological polar surface area (TPSA) is 46.6 Å². The molecule has 0 atom stereocenters. The number of carbonyl (C=O) groups excluding carboxylic acids is 2. The van der Waals surface area contributed by atoms with E-state index in [9.17, 15) is 9.59 Å². The van der Waals surface area contributed by atoms with Crippen molar-refractivity contribution in [2.75, 3.05) is 6.54 Å². The number of ether oxygens (including phenoxy) is 1. The molecule has 4 nitrogen and oxygen atoms in total. The molecule has 0 aliphatic carbocycles. The molecule has 0 radical (unpaired) electrons. The molecule has 0 saturated carbocycles. The SMILES string of the molecule is CC[Si](CC)(CC)C1=CN(C(=O)OCc2ccccc2)CCC1=O. The van der Waals surface area contributed by atoms with Gasteiger partial charge in [-0.15, -0.1) is 0 Å². The van der Waals surface area contributed by atoms with Gasteiger partial charge < -0.3 is 4.74 Å². The number of hydrogen-bond acceptors (Lipinski definition) is 3. The van der Waals surface area contributed by atoms with Crippen LogP contribution in [0.1, 0.15) is 32.8 Å². The van der Waals surface area contributed by atoms with Gasteiger partial charge in [0.25, 0.3) is 0 Å². The number of hydrogen-bond donors (Lipinski definition) is 0. The van der Waals surface area contributed by atoms with Gasteiger partial charge in [-0.3, -0.25) is 9.69 Å². The van der Waals surface area contributed by atoms with E-state index in [0.29, 0.717) is 13.0 Å². The Labute approximate surface area is 145 Å². The lowest BCUT2D eigenvalue weighted by Crippen LogP contribution is -2.44. The molecule has 0 fully saturated rings. The monoisotopic (exact) mass is 345 g/mol. The Morgan fingerprint density at radius 3 is 2.33 bits per heavy atom. The van der Waals surface area contributed by atoms with Gasteiger partial charge in [-0.1, -0.05) is 69.2 Å². The average Bonchev–Trinajstić information content (AvgIpc) is 2.63. The molecular formula is C19H27NO3Si. The number of Topliss-reactive ketones (excluding diaryl/α,β-unsaturated/α-hetero) is 1. The number of benzene rings is 1. The number of amides is 1. The Kier molecular flexibility index (Phi) is 6.37. The van der Waals surface area contributed by atoms with Crippen molar-refractivity contribution < 1.29 is 14.3 Å². The molecular weight excluding hydrogens is 318 g/mol. The number of ketones is 1. The number of nitrogens with zero attached hydrogens (tertiary/aromatic N) is 1. The summed E-state index contributed by atoms with van der Waals surface area (Å²) in [6, 6.07) is 12.7. The van der Waals surface area contributed by atoms with Gasteiger partial charge in [0, 0.05) is 19.2 Å². The highest BCUT2D eigenvalue weighted by atomic mass is 28.3. The minimum absolute atomic E-state index is 0.222. The predicted molar refractivity (Wildman–Crippen MR) is 98.2 cm³/mol. The third-order valence-electron chi connectivity index (χ3n) is 5.21. The largest absolute Gasteiger partial charge is 0.444 e. The minimum Gasteiger partial charge on any atom is -0.444 e. The number of carbonyl (C=O) groups is 2. The van der Waals surface area contributed by atoms with Crippen LogP contribution in [0.25, 0.3) is 0 Å². The van der Waals surface area contributed by atoms with Crippen molar-refractivity contribution in [3.63, 3.8) is 0 Å². The van der Waals surface area contributed by atoms with Crippen LogP contribution >= 0.6 is 0 Å². The Balaban J connectivity index is 2.12. The zero-order valence-corrected chi connectivity index (χ0v) is 15.9. The summed E-state index contributed by atoms with van der Waals surface area (Å²) in [7, 11) is -1.79. The third-order valence-corrected chi connectivity index (χ3v) is 10.8. The lowest BCUT2D eigenvalue weighted by Gasteiger charge is -2.34. The smallest absolute Gasteiger partial charge is 0.414 e. The molecule has 24 heavy (non-hydrogen) atoms. The zero-order chi connectivity index (χ0) is 17.6. The summed E-state index contributed by atoms with van der Waals surface area (Å²) in [5, 5.41) is 0.915. The van der Waals surface area contributed by atoms with Gasteiger partial charge >= 0.3 is 6.09 Å². The standard InChI is InChI=1S/C19H27NO3Si/c1-4-24(5-2,6-3)18-14-20(13-12-17(18)21)19(22)23-15-16-10-8-7-9-11-16/h7-11,14H,4-6,12-13,15H2,1-3H3. The molecule has 0 bridgehead atoms. The van der Waals surface area contributed by atoms with E-state index in [1.165, 1.54) is 0 Å². The van der Waals surface area contributed by atoms with Crippen molar-refractivity contribution >= 4 is 20.0 Å². The van der Waals surface area contributed by atoms with Gasteiger partial charge in [0.05, 0.1) is 8.07 Å². The maximum Gasteiger partial charge on any atom is 0.414 e. The van der Waals surface area contributed by atoms with Crippen LogP contribution in [0.15, 0.2) is 41.7 Å². The highest BCUT2D eigenvalue weighted by Crippen LogP contribution is 2.32. The van der Waals surface area contributed by atoms with E-state index >= 15 is 0 Å². The second-order valence-electron chi connectivity index (χ2n) is 6.29. The fraction of sp³-hybridized carbons (Fsp3) is 0.474. The molecule has 0 N–H and O–H groups in total. The first-order chi connectivity index (χ1) is 11.6. The molecule has 0 spiro atoms. The molecule has 5 heteroatoms. The quantitative estimate of drug-likeness (QED) is 0.712. The van der Waals surface area contributed by atoms with E-state index in [2.05, 4.69) is 20.8 Å². The molecule has 1 aliphatic heterocycles. The Bertz CT molecular complexity index is 600. The van der Waals surface area contributed by atoms with Crippen LogP contribution in [-0.4, -0.2) is 31.4 Å². The van der Waals surface area contributed by atoms with Gasteiger partial charge in [0.2, 0.25) is 0 Å². The highest BCUT2D eigenvalue weighted by molar-refractivity contribution is 6.90. The van der Waals surface area contributed by atoms with Crippen LogP contribution in [0, 0.1) is 0 Å². The maximum atomic E-state index is 12.5. The van der Waals surface area contributed by atoms with E-state index in [1.807, 2.05) is 30.3 Å². The summed E-state index contributed by atoms with van der Waals surface area (Å²) in [5.74, 6) is 0.222. The maximum absolute atomic E-state index is 12.5. The molecule has 130 valence electrons. The summed E-state index contributed by atoms with van der Waals surface area (Å²) in [6.07, 6.45) is 1.83. The highest BCUT2D eigenvalue weighted by Gasteiger charge is 2.38. The van der Waals surface area contributed by atoms with Gasteiger partial charge in [-0.05, 0) is 10.8 Å². The molecule has 1 aromatic carbocycles. The lowest BCUT2D eigenvalue weighted by molar-refractivity contribution is -0.115. The van der Waals surface area contributed by atoms with Crippen molar-refractivity contribution in [3.05, 3.63) is 47.3 Å².